The third-order valence-electron chi connectivity index (χ3n) is 3.79. The average molecular weight is 406 g/mol. The number of nitrogens with one attached hydrogen (secondary N) is 1. The van der Waals surface area contributed by atoms with Gasteiger partial charge < -0.3 is 4.74 Å². The van der Waals surface area contributed by atoms with E-state index in [-0.39, 0.29) is 17.7 Å². The van der Waals surface area contributed by atoms with Crippen LogP contribution in [0.2, 0.25) is 0 Å². The molecule has 0 radical (unpaired) electrons. The van der Waals surface area contributed by atoms with Crippen LogP contribution in [0.25, 0.3) is 0 Å². The number of rotatable bonds is 7. The Labute approximate surface area is 164 Å². The summed E-state index contributed by atoms with van der Waals surface area (Å²) >= 11 is 2.44. The zero-order chi connectivity index (χ0) is 19.4. The lowest BCUT2D eigenvalue weighted by molar-refractivity contribution is -0.118. The predicted molar refractivity (Wildman–Crippen MR) is 102 cm³/mol. The first-order valence-corrected chi connectivity index (χ1v) is 10.0. The maximum Gasteiger partial charge on any atom is 0.257 e. The molecule has 1 aromatic heterocycles. The molecule has 142 valence electrons. The van der Waals surface area contributed by atoms with Crippen LogP contribution >= 0.6 is 23.1 Å². The van der Waals surface area contributed by atoms with E-state index in [1.165, 1.54) is 37.1 Å². The normalized spacial score (nSPS) is 13.1. The van der Waals surface area contributed by atoms with Crippen LogP contribution in [0.5, 0.6) is 5.75 Å². The number of carbonyl (C=O) groups is 3. The van der Waals surface area contributed by atoms with Gasteiger partial charge in [-0.15, -0.1) is 10.2 Å². The number of imide groups is 1. The third-order valence-corrected chi connectivity index (χ3v) is 5.84. The minimum absolute atomic E-state index is 0.0278. The minimum atomic E-state index is -0.474. The quantitative estimate of drug-likeness (QED) is 0.555. The molecule has 1 saturated carbocycles. The van der Waals surface area contributed by atoms with Crippen LogP contribution in [-0.4, -0.2) is 46.8 Å². The molecule has 0 saturated heterocycles. The van der Waals surface area contributed by atoms with Gasteiger partial charge in [0.25, 0.3) is 5.91 Å². The Kier molecular flexibility index (Phi) is 6.07. The van der Waals surface area contributed by atoms with Gasteiger partial charge in [-0.05, 0) is 37.1 Å². The van der Waals surface area contributed by atoms with Gasteiger partial charge in [-0.3, -0.25) is 24.6 Å². The molecule has 8 nitrogen and oxygen atoms in total. The SMILES string of the molecule is COc1ccc(C(=O)NC(=O)CSc2nnc(N(C(C)=O)C3CC3)s2)cc1. The van der Waals surface area contributed by atoms with E-state index in [2.05, 4.69) is 15.5 Å². The number of hydrogen-bond acceptors (Lipinski definition) is 8. The Hall–Kier alpha value is -2.46. The molecule has 3 amide bonds. The lowest BCUT2D eigenvalue weighted by atomic mass is 10.2. The molecule has 27 heavy (non-hydrogen) atoms. The van der Waals surface area contributed by atoms with E-state index in [4.69, 9.17) is 4.74 Å². The largest absolute Gasteiger partial charge is 0.497 e. The number of methoxy groups -OCH3 is 1. The highest BCUT2D eigenvalue weighted by Gasteiger charge is 2.34. The Morgan fingerprint density at radius 2 is 1.96 bits per heavy atom. The van der Waals surface area contributed by atoms with Crippen molar-refractivity contribution in [2.45, 2.75) is 30.1 Å². The summed E-state index contributed by atoms with van der Waals surface area (Å²) in [6.45, 7) is 1.50. The van der Waals surface area contributed by atoms with Crippen LogP contribution in [0.3, 0.4) is 0 Å². The molecule has 1 aliphatic rings. The van der Waals surface area contributed by atoms with Crippen molar-refractivity contribution in [3.8, 4) is 5.75 Å². The summed E-state index contributed by atoms with van der Waals surface area (Å²) in [5, 5.41) is 10.9. The molecule has 1 aromatic carbocycles. The number of ether oxygens (including phenoxy) is 1. The lowest BCUT2D eigenvalue weighted by Gasteiger charge is -2.15. The van der Waals surface area contributed by atoms with E-state index in [1.54, 1.807) is 29.2 Å². The monoisotopic (exact) mass is 406 g/mol. The number of thioether (sulfide) groups is 1. The van der Waals surface area contributed by atoms with Gasteiger partial charge in [-0.1, -0.05) is 23.1 Å². The summed E-state index contributed by atoms with van der Waals surface area (Å²) < 4.78 is 5.60. The van der Waals surface area contributed by atoms with Gasteiger partial charge in [0.1, 0.15) is 5.75 Å². The summed E-state index contributed by atoms with van der Waals surface area (Å²) in [6.07, 6.45) is 1.94. The summed E-state index contributed by atoms with van der Waals surface area (Å²) in [5.41, 5.74) is 0.369. The first kappa shape index (κ1) is 19.3. The van der Waals surface area contributed by atoms with Gasteiger partial charge >= 0.3 is 0 Å². The van der Waals surface area contributed by atoms with Crippen LogP contribution in [-0.2, 0) is 9.59 Å². The van der Waals surface area contributed by atoms with Crippen molar-refractivity contribution in [3.63, 3.8) is 0 Å². The van der Waals surface area contributed by atoms with Gasteiger partial charge in [0.15, 0.2) is 4.34 Å². The van der Waals surface area contributed by atoms with Crippen molar-refractivity contribution >= 4 is 46.0 Å². The van der Waals surface area contributed by atoms with Gasteiger partial charge in [0, 0.05) is 18.5 Å². The first-order chi connectivity index (χ1) is 13.0. The summed E-state index contributed by atoms with van der Waals surface area (Å²) in [4.78, 5) is 37.5. The maximum absolute atomic E-state index is 12.1. The molecule has 10 heteroatoms. The molecule has 3 rings (SSSR count). The summed E-state index contributed by atoms with van der Waals surface area (Å²) in [5.74, 6) is -0.305. The molecule has 1 N–H and O–H groups in total. The van der Waals surface area contributed by atoms with Gasteiger partial charge in [0.05, 0.1) is 12.9 Å². The fourth-order valence-corrected chi connectivity index (χ4v) is 4.10. The van der Waals surface area contributed by atoms with Crippen molar-refractivity contribution in [1.29, 1.82) is 0 Å². The van der Waals surface area contributed by atoms with E-state index in [0.29, 0.717) is 20.8 Å². The van der Waals surface area contributed by atoms with Crippen LogP contribution < -0.4 is 15.0 Å². The van der Waals surface area contributed by atoms with Gasteiger partial charge in [-0.2, -0.15) is 0 Å². The first-order valence-electron chi connectivity index (χ1n) is 8.22. The number of benzene rings is 1. The van der Waals surface area contributed by atoms with Crippen molar-refractivity contribution in [3.05, 3.63) is 29.8 Å². The number of aromatic nitrogens is 2. The molecule has 0 spiro atoms. The number of anilines is 1. The second-order valence-electron chi connectivity index (χ2n) is 5.87. The average Bonchev–Trinajstić information content (AvgIpc) is 3.37. The molecule has 0 aliphatic heterocycles. The van der Waals surface area contributed by atoms with Gasteiger partial charge in [-0.25, -0.2) is 0 Å². The maximum atomic E-state index is 12.1. The molecule has 1 aliphatic carbocycles. The topological polar surface area (TPSA) is 101 Å². The van der Waals surface area contributed by atoms with Crippen LogP contribution in [0.15, 0.2) is 28.6 Å². The molecule has 0 bridgehead atoms. The van der Waals surface area contributed by atoms with Crippen LogP contribution in [0.4, 0.5) is 5.13 Å². The standard InChI is InChI=1S/C17H18N4O4S2/c1-10(22)21(12-5-6-12)16-19-20-17(27-16)26-9-14(23)18-15(24)11-3-7-13(25-2)8-4-11/h3-4,7-8,12H,5-6,9H2,1-2H3,(H,18,23,24). The van der Waals surface area contributed by atoms with Crippen LogP contribution in [0, 0.1) is 0 Å². The minimum Gasteiger partial charge on any atom is -0.497 e. The molecule has 1 heterocycles. The molecular formula is C17H18N4O4S2. The molecule has 2 aromatic rings. The van der Waals surface area contributed by atoms with E-state index >= 15 is 0 Å². The number of nitrogens with zero attached hydrogens (tertiary/aromatic N) is 3. The number of amides is 3. The van der Waals surface area contributed by atoms with E-state index < -0.39 is 11.8 Å². The highest BCUT2D eigenvalue weighted by atomic mass is 32.2. The van der Waals surface area contributed by atoms with Crippen LogP contribution in [0.1, 0.15) is 30.1 Å². The van der Waals surface area contributed by atoms with Gasteiger partial charge in [0.2, 0.25) is 16.9 Å². The zero-order valence-corrected chi connectivity index (χ0v) is 16.4. The summed E-state index contributed by atoms with van der Waals surface area (Å²) in [6, 6.07) is 6.67. The Morgan fingerprint density at radius 3 is 2.56 bits per heavy atom. The van der Waals surface area contributed by atoms with Crippen molar-refractivity contribution < 1.29 is 19.1 Å². The second kappa shape index (κ2) is 8.49. The zero-order valence-electron chi connectivity index (χ0n) is 14.8. The highest BCUT2D eigenvalue weighted by Crippen LogP contribution is 2.35. The molecule has 0 unspecified atom stereocenters. The lowest BCUT2D eigenvalue weighted by Crippen LogP contribution is -2.31. The van der Waals surface area contributed by atoms with Crippen molar-refractivity contribution in [1.82, 2.24) is 15.5 Å². The Balaban J connectivity index is 1.51. The van der Waals surface area contributed by atoms with E-state index in [0.717, 1.165) is 12.8 Å². The Morgan fingerprint density at radius 1 is 1.26 bits per heavy atom. The van der Waals surface area contributed by atoms with E-state index in [9.17, 15) is 14.4 Å². The predicted octanol–water partition coefficient (Wildman–Crippen LogP) is 2.11. The van der Waals surface area contributed by atoms with Crippen molar-refractivity contribution in [2.24, 2.45) is 0 Å². The molecular weight excluding hydrogens is 388 g/mol. The fourth-order valence-electron chi connectivity index (χ4n) is 2.34. The van der Waals surface area contributed by atoms with Crippen molar-refractivity contribution in [2.75, 3.05) is 17.8 Å². The number of hydrogen-bond donors (Lipinski definition) is 1. The smallest absolute Gasteiger partial charge is 0.257 e. The highest BCUT2D eigenvalue weighted by molar-refractivity contribution is 8.01. The Bertz CT molecular complexity index is 849. The molecule has 1 fully saturated rings. The summed E-state index contributed by atoms with van der Waals surface area (Å²) in [7, 11) is 1.54. The fraction of sp³-hybridized carbons (Fsp3) is 0.353. The third kappa shape index (κ3) is 5.04. The molecule has 0 atom stereocenters. The number of carbonyl (C=O) groups excluding carboxylic acids is 3. The second-order valence-corrected chi connectivity index (χ2v) is 8.04. The van der Waals surface area contributed by atoms with E-state index in [1.807, 2.05) is 0 Å².